The van der Waals surface area contributed by atoms with Crippen molar-refractivity contribution in [3.8, 4) is 5.75 Å². The Kier molecular flexibility index (Phi) is 8.87. The Morgan fingerprint density at radius 1 is 1.13 bits per heavy atom. The average Bonchev–Trinajstić information content (AvgIpc) is 2.92. The zero-order chi connectivity index (χ0) is 27.3. The molecule has 0 unspecified atom stereocenters. The molecular weight excluding hydrogens is 548 g/mol. The fourth-order valence-corrected chi connectivity index (χ4v) is 5.32. The number of thiocarbonyl (C=S) groups is 1. The number of aromatic nitrogens is 2. The number of anilines is 5. The van der Waals surface area contributed by atoms with Gasteiger partial charge in [0.05, 0.1) is 48.0 Å². The molecule has 0 bridgehead atoms. The van der Waals surface area contributed by atoms with Crippen LogP contribution < -0.4 is 20.7 Å². The SMILES string of the molecule is COc1cc(NC(=S)N2CCOCC2)ccc1Nc1ncc(Cl)c(Nc2ccccc2S(=O)(=O)C(C)C)n1. The Morgan fingerprint density at radius 2 is 1.87 bits per heavy atom. The predicted molar refractivity (Wildman–Crippen MR) is 154 cm³/mol. The molecule has 0 amide bonds. The normalized spacial score (nSPS) is 13.8. The van der Waals surface area contributed by atoms with Gasteiger partial charge in [0.2, 0.25) is 5.95 Å². The van der Waals surface area contributed by atoms with Crippen LogP contribution in [0.25, 0.3) is 0 Å². The maximum absolute atomic E-state index is 12.8. The monoisotopic (exact) mass is 576 g/mol. The number of sulfone groups is 1. The highest BCUT2D eigenvalue weighted by molar-refractivity contribution is 7.92. The van der Waals surface area contributed by atoms with Crippen LogP contribution in [0.4, 0.5) is 28.8 Å². The lowest BCUT2D eigenvalue weighted by atomic mass is 10.2. The molecule has 13 heteroatoms. The van der Waals surface area contributed by atoms with E-state index in [4.69, 9.17) is 33.3 Å². The number of hydrogen-bond acceptors (Lipinski definition) is 9. The second kappa shape index (κ2) is 12.1. The minimum atomic E-state index is -3.53. The molecule has 1 saturated heterocycles. The Labute approximate surface area is 232 Å². The third-order valence-corrected chi connectivity index (χ3v) is 8.66. The van der Waals surface area contributed by atoms with E-state index in [0.29, 0.717) is 35.5 Å². The van der Waals surface area contributed by atoms with Crippen LogP contribution in [-0.2, 0) is 14.6 Å². The zero-order valence-corrected chi connectivity index (χ0v) is 23.6. The van der Waals surface area contributed by atoms with Crippen LogP contribution in [0.2, 0.25) is 5.02 Å². The summed E-state index contributed by atoms with van der Waals surface area (Å²) in [5, 5.41) is 9.68. The highest BCUT2D eigenvalue weighted by atomic mass is 35.5. The Morgan fingerprint density at radius 3 is 2.58 bits per heavy atom. The van der Waals surface area contributed by atoms with Crippen molar-refractivity contribution in [1.82, 2.24) is 14.9 Å². The molecule has 38 heavy (non-hydrogen) atoms. The van der Waals surface area contributed by atoms with Gasteiger partial charge in [-0.1, -0.05) is 23.7 Å². The van der Waals surface area contributed by atoms with Gasteiger partial charge in [0, 0.05) is 24.8 Å². The first-order valence-electron chi connectivity index (χ1n) is 11.9. The third-order valence-electron chi connectivity index (χ3n) is 5.81. The lowest BCUT2D eigenvalue weighted by Gasteiger charge is -2.29. The zero-order valence-electron chi connectivity index (χ0n) is 21.2. The number of ether oxygens (including phenoxy) is 2. The molecular formula is C25H29ClN6O4S2. The second-order valence-electron chi connectivity index (χ2n) is 8.67. The van der Waals surface area contributed by atoms with E-state index in [1.165, 1.54) is 6.20 Å². The van der Waals surface area contributed by atoms with Crippen molar-refractivity contribution >= 4 is 67.6 Å². The summed E-state index contributed by atoms with van der Waals surface area (Å²) in [4.78, 5) is 10.9. The predicted octanol–water partition coefficient (Wildman–Crippen LogP) is 4.84. The van der Waals surface area contributed by atoms with Crippen molar-refractivity contribution in [2.75, 3.05) is 49.4 Å². The average molecular weight is 577 g/mol. The first-order valence-corrected chi connectivity index (χ1v) is 14.2. The molecule has 202 valence electrons. The topological polar surface area (TPSA) is 118 Å². The summed E-state index contributed by atoms with van der Waals surface area (Å²) in [5.41, 5.74) is 1.76. The number of halogens is 1. The highest BCUT2D eigenvalue weighted by Crippen LogP contribution is 2.33. The van der Waals surface area contributed by atoms with Gasteiger partial charge in [-0.2, -0.15) is 4.98 Å². The molecule has 2 aromatic carbocycles. The van der Waals surface area contributed by atoms with Crippen molar-refractivity contribution in [2.24, 2.45) is 0 Å². The van der Waals surface area contributed by atoms with E-state index in [2.05, 4.69) is 30.8 Å². The minimum absolute atomic E-state index is 0.166. The molecule has 0 aliphatic carbocycles. The first kappa shape index (κ1) is 27.8. The summed E-state index contributed by atoms with van der Waals surface area (Å²) in [6.45, 7) is 6.03. The Hall–Kier alpha value is -3.19. The van der Waals surface area contributed by atoms with Crippen LogP contribution in [-0.4, -0.2) is 67.1 Å². The number of rotatable bonds is 8. The van der Waals surface area contributed by atoms with E-state index >= 15 is 0 Å². The molecule has 0 saturated carbocycles. The first-order chi connectivity index (χ1) is 18.2. The van der Waals surface area contributed by atoms with Crippen LogP contribution in [0.3, 0.4) is 0 Å². The molecule has 1 aromatic heterocycles. The van der Waals surface area contributed by atoms with Gasteiger partial charge in [-0.05, 0) is 50.3 Å². The molecule has 1 aliphatic heterocycles. The summed E-state index contributed by atoms with van der Waals surface area (Å²) < 4.78 is 36.6. The quantitative estimate of drug-likeness (QED) is 0.320. The Balaban J connectivity index is 1.54. The van der Waals surface area contributed by atoms with Crippen molar-refractivity contribution < 1.29 is 17.9 Å². The fourth-order valence-electron chi connectivity index (χ4n) is 3.68. The number of hydrogen-bond donors (Lipinski definition) is 3. The summed E-state index contributed by atoms with van der Waals surface area (Å²) in [6.07, 6.45) is 1.43. The standard InChI is InChI=1S/C25H29ClN6O4S2/c1-16(2)38(33,34)22-7-5-4-6-20(22)29-23-18(26)15-27-24(31-23)30-19-9-8-17(14-21(19)35-3)28-25(37)32-10-12-36-13-11-32/h4-9,14-16H,10-13H2,1-3H3,(H,28,37)(H2,27,29,30,31). The summed E-state index contributed by atoms with van der Waals surface area (Å²) in [6, 6.07) is 12.1. The fraction of sp³-hybridized carbons (Fsp3) is 0.320. The van der Waals surface area contributed by atoms with Gasteiger partial charge in [-0.15, -0.1) is 0 Å². The maximum atomic E-state index is 12.8. The number of methoxy groups -OCH3 is 1. The lowest BCUT2D eigenvalue weighted by molar-refractivity contribution is 0.0690. The number of benzene rings is 2. The van der Waals surface area contributed by atoms with E-state index in [0.717, 1.165) is 18.8 Å². The van der Waals surface area contributed by atoms with Gasteiger partial charge in [-0.25, -0.2) is 13.4 Å². The van der Waals surface area contributed by atoms with Crippen LogP contribution in [0.15, 0.2) is 53.6 Å². The maximum Gasteiger partial charge on any atom is 0.229 e. The van der Waals surface area contributed by atoms with Crippen LogP contribution in [0.1, 0.15) is 13.8 Å². The summed E-state index contributed by atoms with van der Waals surface area (Å²) >= 11 is 11.9. The molecule has 4 rings (SSSR count). The van der Waals surface area contributed by atoms with Gasteiger partial charge < -0.3 is 30.3 Å². The molecule has 0 atom stereocenters. The molecule has 1 fully saturated rings. The van der Waals surface area contributed by atoms with E-state index < -0.39 is 15.1 Å². The minimum Gasteiger partial charge on any atom is -0.494 e. The number of morpholine rings is 1. The number of nitrogens with one attached hydrogen (secondary N) is 3. The number of para-hydroxylation sites is 1. The van der Waals surface area contributed by atoms with Crippen molar-refractivity contribution in [1.29, 1.82) is 0 Å². The van der Waals surface area contributed by atoms with Crippen molar-refractivity contribution in [3.63, 3.8) is 0 Å². The van der Waals surface area contributed by atoms with E-state index in [-0.39, 0.29) is 21.7 Å². The molecule has 2 heterocycles. The van der Waals surface area contributed by atoms with Crippen LogP contribution in [0, 0.1) is 0 Å². The largest absolute Gasteiger partial charge is 0.494 e. The molecule has 0 radical (unpaired) electrons. The summed E-state index contributed by atoms with van der Waals surface area (Å²) in [5.74, 6) is 1.04. The van der Waals surface area contributed by atoms with Gasteiger partial charge in [0.15, 0.2) is 20.8 Å². The van der Waals surface area contributed by atoms with Crippen molar-refractivity contribution in [2.45, 2.75) is 24.0 Å². The molecule has 3 N–H and O–H groups in total. The van der Waals surface area contributed by atoms with Crippen molar-refractivity contribution in [3.05, 3.63) is 53.7 Å². The van der Waals surface area contributed by atoms with Crippen LogP contribution >= 0.6 is 23.8 Å². The van der Waals surface area contributed by atoms with Gasteiger partial charge in [-0.3, -0.25) is 0 Å². The third kappa shape index (κ3) is 6.44. The molecule has 10 nitrogen and oxygen atoms in total. The second-order valence-corrected chi connectivity index (χ2v) is 11.9. The van der Waals surface area contributed by atoms with Gasteiger partial charge in [0.1, 0.15) is 10.8 Å². The molecule has 3 aromatic rings. The van der Waals surface area contributed by atoms with E-state index in [1.54, 1.807) is 45.2 Å². The Bertz CT molecular complexity index is 1410. The van der Waals surface area contributed by atoms with Gasteiger partial charge in [0.25, 0.3) is 0 Å². The lowest BCUT2D eigenvalue weighted by Crippen LogP contribution is -2.42. The smallest absolute Gasteiger partial charge is 0.229 e. The van der Waals surface area contributed by atoms with Crippen LogP contribution in [0.5, 0.6) is 5.75 Å². The molecule has 1 aliphatic rings. The van der Waals surface area contributed by atoms with E-state index in [1.807, 2.05) is 18.2 Å². The van der Waals surface area contributed by atoms with Gasteiger partial charge >= 0.3 is 0 Å². The highest BCUT2D eigenvalue weighted by Gasteiger charge is 2.23. The molecule has 0 spiro atoms. The summed E-state index contributed by atoms with van der Waals surface area (Å²) in [7, 11) is -1.97. The van der Waals surface area contributed by atoms with E-state index in [9.17, 15) is 8.42 Å². The number of nitrogens with zero attached hydrogens (tertiary/aromatic N) is 3.